The molecule has 0 radical (unpaired) electrons. The van der Waals surface area contributed by atoms with Crippen LogP contribution in [0.3, 0.4) is 0 Å². The van der Waals surface area contributed by atoms with Gasteiger partial charge in [0.1, 0.15) is 0 Å². The number of benzene rings is 2. The van der Waals surface area contributed by atoms with Crippen molar-refractivity contribution in [2.24, 2.45) is 0 Å². The van der Waals surface area contributed by atoms with Crippen LogP contribution in [0.5, 0.6) is 0 Å². The molecule has 0 spiro atoms. The number of para-hydroxylation sites is 2. The molecule has 1 saturated heterocycles. The first-order valence-corrected chi connectivity index (χ1v) is 9.08. The Bertz CT molecular complexity index is 813. The molecule has 2 aromatic carbocycles. The molecule has 1 atom stereocenters. The second-order valence-corrected chi connectivity index (χ2v) is 7.05. The van der Waals surface area contributed by atoms with Gasteiger partial charge in [0.2, 0.25) is 0 Å². The molecule has 1 aliphatic heterocycles. The summed E-state index contributed by atoms with van der Waals surface area (Å²) in [5, 5.41) is 3.61. The largest absolute Gasteiger partial charge is 0.367 e. The number of carbonyl (C=O) groups is 1. The second-order valence-electron chi connectivity index (χ2n) is 6.02. The van der Waals surface area contributed by atoms with Crippen molar-refractivity contribution in [3.05, 3.63) is 59.6 Å². The minimum absolute atomic E-state index is 0.0730. The lowest BCUT2D eigenvalue weighted by Crippen LogP contribution is -2.40. The Morgan fingerprint density at radius 1 is 1.17 bits per heavy atom. The standard InChI is InChI=1S/C19H19N3OS/c23-18(19-21-16-10-4-5-11-17(16)24-19)20-13-15-9-6-12-22(15)14-7-2-1-3-8-14/h1-5,7-8,10-11,15H,6,9,12-13H2,(H,20,23). The van der Waals surface area contributed by atoms with E-state index in [1.54, 1.807) is 0 Å². The number of carbonyl (C=O) groups excluding carboxylic acids is 1. The molecule has 2 heterocycles. The van der Waals surface area contributed by atoms with E-state index in [1.807, 2.05) is 30.3 Å². The van der Waals surface area contributed by atoms with Gasteiger partial charge in [-0.2, -0.15) is 0 Å². The van der Waals surface area contributed by atoms with Crippen LogP contribution in [0.25, 0.3) is 10.2 Å². The van der Waals surface area contributed by atoms with E-state index in [2.05, 4.69) is 39.5 Å². The van der Waals surface area contributed by atoms with Gasteiger partial charge in [-0.3, -0.25) is 4.79 Å². The molecule has 1 unspecified atom stereocenters. The van der Waals surface area contributed by atoms with E-state index in [0.29, 0.717) is 17.6 Å². The normalized spacial score (nSPS) is 17.3. The van der Waals surface area contributed by atoms with E-state index in [0.717, 1.165) is 29.6 Å². The van der Waals surface area contributed by atoms with Gasteiger partial charge in [-0.1, -0.05) is 30.3 Å². The van der Waals surface area contributed by atoms with Crippen LogP contribution < -0.4 is 10.2 Å². The molecule has 24 heavy (non-hydrogen) atoms. The smallest absolute Gasteiger partial charge is 0.280 e. The molecule has 1 aliphatic rings. The number of amides is 1. The fourth-order valence-corrected chi connectivity index (χ4v) is 4.14. The van der Waals surface area contributed by atoms with Gasteiger partial charge in [-0.15, -0.1) is 11.3 Å². The third kappa shape index (κ3) is 2.99. The predicted molar refractivity (Wildman–Crippen MR) is 98.8 cm³/mol. The minimum Gasteiger partial charge on any atom is -0.367 e. The van der Waals surface area contributed by atoms with Gasteiger partial charge < -0.3 is 10.2 Å². The topological polar surface area (TPSA) is 45.2 Å². The molecule has 0 aliphatic carbocycles. The van der Waals surface area contributed by atoms with Crippen molar-refractivity contribution in [3.63, 3.8) is 0 Å². The highest BCUT2D eigenvalue weighted by molar-refractivity contribution is 7.20. The number of anilines is 1. The molecule has 4 nitrogen and oxygen atoms in total. The van der Waals surface area contributed by atoms with Crippen LogP contribution in [0.15, 0.2) is 54.6 Å². The Morgan fingerprint density at radius 3 is 2.79 bits per heavy atom. The van der Waals surface area contributed by atoms with E-state index in [-0.39, 0.29) is 5.91 Å². The van der Waals surface area contributed by atoms with Gasteiger partial charge in [-0.25, -0.2) is 4.98 Å². The van der Waals surface area contributed by atoms with Crippen molar-refractivity contribution in [3.8, 4) is 0 Å². The molecule has 0 saturated carbocycles. The van der Waals surface area contributed by atoms with E-state index in [1.165, 1.54) is 17.0 Å². The van der Waals surface area contributed by atoms with Crippen LogP contribution >= 0.6 is 11.3 Å². The number of nitrogens with one attached hydrogen (secondary N) is 1. The highest BCUT2D eigenvalue weighted by Crippen LogP contribution is 2.25. The maximum Gasteiger partial charge on any atom is 0.280 e. The summed E-state index contributed by atoms with van der Waals surface area (Å²) in [7, 11) is 0. The van der Waals surface area contributed by atoms with Crippen LogP contribution in [0.1, 0.15) is 22.6 Å². The number of hydrogen-bond donors (Lipinski definition) is 1. The van der Waals surface area contributed by atoms with Crippen LogP contribution in [0, 0.1) is 0 Å². The first-order chi connectivity index (χ1) is 11.8. The lowest BCUT2D eigenvalue weighted by atomic mass is 10.2. The molecular formula is C19H19N3OS. The van der Waals surface area contributed by atoms with Crippen LogP contribution in [0.2, 0.25) is 0 Å². The maximum atomic E-state index is 12.4. The van der Waals surface area contributed by atoms with Gasteiger partial charge in [0.15, 0.2) is 5.01 Å². The first-order valence-electron chi connectivity index (χ1n) is 8.27. The van der Waals surface area contributed by atoms with Gasteiger partial charge >= 0.3 is 0 Å². The first kappa shape index (κ1) is 15.1. The molecule has 1 fully saturated rings. The van der Waals surface area contributed by atoms with Crippen LogP contribution in [0.4, 0.5) is 5.69 Å². The van der Waals surface area contributed by atoms with Gasteiger partial charge in [0.05, 0.1) is 10.2 Å². The predicted octanol–water partition coefficient (Wildman–Crippen LogP) is 3.70. The zero-order chi connectivity index (χ0) is 16.4. The van der Waals surface area contributed by atoms with E-state index in [9.17, 15) is 4.79 Å². The Labute approximate surface area is 145 Å². The molecule has 1 N–H and O–H groups in total. The number of hydrogen-bond acceptors (Lipinski definition) is 4. The fraction of sp³-hybridized carbons (Fsp3) is 0.263. The Balaban J connectivity index is 1.43. The number of fused-ring (bicyclic) bond motifs is 1. The molecule has 4 rings (SSSR count). The van der Waals surface area contributed by atoms with E-state index < -0.39 is 0 Å². The summed E-state index contributed by atoms with van der Waals surface area (Å²) in [5.41, 5.74) is 2.12. The van der Waals surface area contributed by atoms with Crippen molar-refractivity contribution in [1.82, 2.24) is 10.3 Å². The Morgan fingerprint density at radius 2 is 1.96 bits per heavy atom. The van der Waals surface area contributed by atoms with Crippen molar-refractivity contribution >= 4 is 33.1 Å². The second kappa shape index (κ2) is 6.61. The maximum absolute atomic E-state index is 12.4. The number of nitrogens with zero attached hydrogens (tertiary/aromatic N) is 2. The van der Waals surface area contributed by atoms with Gasteiger partial charge in [0.25, 0.3) is 5.91 Å². The van der Waals surface area contributed by atoms with Gasteiger partial charge in [0, 0.05) is 24.8 Å². The summed E-state index contributed by atoms with van der Waals surface area (Å²) in [6, 6.07) is 18.6. The van der Waals surface area contributed by atoms with Crippen molar-refractivity contribution in [1.29, 1.82) is 0 Å². The average molecular weight is 337 g/mol. The molecule has 5 heteroatoms. The highest BCUT2D eigenvalue weighted by atomic mass is 32.1. The van der Waals surface area contributed by atoms with E-state index >= 15 is 0 Å². The molecular weight excluding hydrogens is 318 g/mol. The summed E-state index contributed by atoms with van der Waals surface area (Å²) in [6.07, 6.45) is 2.27. The molecule has 122 valence electrons. The lowest BCUT2D eigenvalue weighted by molar-refractivity contribution is 0.0951. The molecule has 1 amide bonds. The Hall–Kier alpha value is -2.40. The lowest BCUT2D eigenvalue weighted by Gasteiger charge is -2.26. The minimum atomic E-state index is -0.0730. The number of aromatic nitrogens is 1. The molecule has 3 aromatic rings. The zero-order valence-electron chi connectivity index (χ0n) is 13.3. The number of thiazole rings is 1. The monoisotopic (exact) mass is 337 g/mol. The summed E-state index contributed by atoms with van der Waals surface area (Å²) >= 11 is 1.45. The summed E-state index contributed by atoms with van der Waals surface area (Å²) < 4.78 is 1.05. The van der Waals surface area contributed by atoms with Crippen molar-refractivity contribution < 1.29 is 4.79 Å². The molecule has 1 aromatic heterocycles. The average Bonchev–Trinajstić information content (AvgIpc) is 3.27. The fourth-order valence-electron chi connectivity index (χ4n) is 3.26. The van der Waals surface area contributed by atoms with Crippen LogP contribution in [-0.2, 0) is 0 Å². The zero-order valence-corrected chi connectivity index (χ0v) is 14.1. The third-order valence-electron chi connectivity index (χ3n) is 4.45. The van der Waals surface area contributed by atoms with E-state index in [4.69, 9.17) is 0 Å². The SMILES string of the molecule is O=C(NCC1CCCN1c1ccccc1)c1nc2ccccc2s1. The Kier molecular flexibility index (Phi) is 4.17. The summed E-state index contributed by atoms with van der Waals surface area (Å²) in [5.74, 6) is -0.0730. The van der Waals surface area contributed by atoms with Crippen molar-refractivity contribution in [2.45, 2.75) is 18.9 Å². The summed E-state index contributed by atoms with van der Waals surface area (Å²) in [4.78, 5) is 19.2. The quantitative estimate of drug-likeness (QED) is 0.790. The van der Waals surface area contributed by atoms with Gasteiger partial charge in [-0.05, 0) is 37.1 Å². The summed E-state index contributed by atoms with van der Waals surface area (Å²) in [6.45, 7) is 1.70. The van der Waals surface area contributed by atoms with Crippen molar-refractivity contribution in [2.75, 3.05) is 18.0 Å². The van der Waals surface area contributed by atoms with Crippen LogP contribution in [-0.4, -0.2) is 30.0 Å². The third-order valence-corrected chi connectivity index (χ3v) is 5.49. The molecule has 0 bridgehead atoms. The number of rotatable bonds is 4. The highest BCUT2D eigenvalue weighted by Gasteiger charge is 2.25.